The molecule has 2 aromatic carbocycles. The zero-order chi connectivity index (χ0) is 30.1. The molecule has 3 amide bonds. The van der Waals surface area contributed by atoms with Crippen LogP contribution in [-0.2, 0) is 36.8 Å². The van der Waals surface area contributed by atoms with Crippen molar-refractivity contribution in [2.45, 2.75) is 43.4 Å². The van der Waals surface area contributed by atoms with Crippen LogP contribution in [0.25, 0.3) is 10.9 Å². The van der Waals surface area contributed by atoms with E-state index in [-0.39, 0.29) is 18.6 Å². The molecule has 0 spiro atoms. The van der Waals surface area contributed by atoms with Gasteiger partial charge in [-0.1, -0.05) is 30.3 Å². The fraction of sp³-hybridized carbons (Fsp3) is 0.296. The van der Waals surface area contributed by atoms with Gasteiger partial charge in [-0.15, -0.1) is 0 Å². The number of carboxylic acids is 2. The van der Waals surface area contributed by atoms with Crippen LogP contribution in [0.1, 0.15) is 17.5 Å². The van der Waals surface area contributed by atoms with E-state index in [4.69, 9.17) is 5.73 Å². The molecule has 10 N–H and O–H groups in total. The highest BCUT2D eigenvalue weighted by Crippen LogP contribution is 2.19. The van der Waals surface area contributed by atoms with Gasteiger partial charge in [0.2, 0.25) is 17.7 Å². The second-order valence-corrected chi connectivity index (χ2v) is 9.34. The number of hydrogen-bond acceptors (Lipinski definition) is 8. The Morgan fingerprint density at radius 2 is 1.41 bits per heavy atom. The number of aromatic nitrogens is 1. The van der Waals surface area contributed by atoms with Gasteiger partial charge in [0.1, 0.15) is 23.9 Å². The van der Waals surface area contributed by atoms with Crippen LogP contribution in [0.4, 0.5) is 0 Å². The first-order chi connectivity index (χ1) is 19.5. The van der Waals surface area contributed by atoms with Crippen LogP contribution in [-0.4, -0.2) is 85.8 Å². The second kappa shape index (κ2) is 13.9. The number of nitrogens with one attached hydrogen (secondary N) is 4. The minimum atomic E-state index is -1.72. The normalized spacial score (nSPS) is 13.9. The van der Waals surface area contributed by atoms with Gasteiger partial charge < -0.3 is 47.1 Å². The number of H-pyrrole nitrogens is 1. The maximum Gasteiger partial charge on any atom is 0.326 e. The van der Waals surface area contributed by atoms with Crippen molar-refractivity contribution in [1.82, 2.24) is 20.9 Å². The van der Waals surface area contributed by atoms with Gasteiger partial charge in [-0.05, 0) is 35.7 Å². The highest BCUT2D eigenvalue weighted by atomic mass is 16.4. The second-order valence-electron chi connectivity index (χ2n) is 9.34. The first-order valence-corrected chi connectivity index (χ1v) is 12.5. The number of para-hydroxylation sites is 1. The standard InChI is InChI=1S/C27H31N5O9/c28-18(9-14-5-7-16(34)8-6-14)24(37)32-22(13-33)26(39)30-20(11-23(35)36)25(38)31-21(27(40)41)10-15-12-29-19-4-2-1-3-17(15)19/h1-8,12,18,20-22,29,33-34H,9-11,13,28H2,(H,30,39)(H,31,38)(H,32,37)(H,35,36)(H,40,41). The molecule has 4 unspecified atom stereocenters. The zero-order valence-corrected chi connectivity index (χ0v) is 21.7. The Hall–Kier alpha value is -4.95. The van der Waals surface area contributed by atoms with Gasteiger partial charge in [0, 0.05) is 23.5 Å². The van der Waals surface area contributed by atoms with Crippen molar-refractivity contribution in [3.05, 3.63) is 65.9 Å². The summed E-state index contributed by atoms with van der Waals surface area (Å²) in [4.78, 5) is 64.6. The molecule has 0 fully saturated rings. The predicted molar refractivity (Wildman–Crippen MR) is 145 cm³/mol. The van der Waals surface area contributed by atoms with Crippen LogP contribution in [0.5, 0.6) is 5.75 Å². The number of aliphatic hydroxyl groups excluding tert-OH is 1. The molecule has 0 aliphatic carbocycles. The number of carbonyl (C=O) groups excluding carboxylic acids is 3. The molecule has 0 radical (unpaired) electrons. The number of aromatic hydroxyl groups is 1. The van der Waals surface area contributed by atoms with Crippen molar-refractivity contribution >= 4 is 40.6 Å². The summed E-state index contributed by atoms with van der Waals surface area (Å²) in [5.74, 6) is -5.79. The average Bonchev–Trinajstić information content (AvgIpc) is 3.34. The van der Waals surface area contributed by atoms with Gasteiger partial charge in [0.15, 0.2) is 0 Å². The maximum absolute atomic E-state index is 12.9. The van der Waals surface area contributed by atoms with Crippen molar-refractivity contribution < 1.29 is 44.4 Å². The van der Waals surface area contributed by atoms with E-state index in [0.717, 1.165) is 10.9 Å². The van der Waals surface area contributed by atoms with Gasteiger partial charge in [0.25, 0.3) is 0 Å². The molecule has 3 aromatic rings. The number of rotatable bonds is 14. The van der Waals surface area contributed by atoms with Crippen molar-refractivity contribution in [1.29, 1.82) is 0 Å². The lowest BCUT2D eigenvalue weighted by Crippen LogP contribution is -2.58. The monoisotopic (exact) mass is 569 g/mol. The molecule has 41 heavy (non-hydrogen) atoms. The van der Waals surface area contributed by atoms with E-state index in [2.05, 4.69) is 20.9 Å². The maximum atomic E-state index is 12.9. The minimum Gasteiger partial charge on any atom is -0.508 e. The number of aromatic amines is 1. The molecular formula is C27H31N5O9. The highest BCUT2D eigenvalue weighted by Gasteiger charge is 2.32. The number of aliphatic hydroxyl groups is 1. The van der Waals surface area contributed by atoms with Crippen LogP contribution in [0, 0.1) is 0 Å². The quantitative estimate of drug-likeness (QED) is 0.114. The summed E-state index contributed by atoms with van der Waals surface area (Å²) in [5, 5.41) is 45.5. The van der Waals surface area contributed by atoms with E-state index in [1.807, 2.05) is 0 Å². The third-order valence-corrected chi connectivity index (χ3v) is 6.27. The SMILES string of the molecule is NC(Cc1ccc(O)cc1)C(=O)NC(CO)C(=O)NC(CC(=O)O)C(=O)NC(Cc1c[nH]c2ccccc12)C(=O)O. The summed E-state index contributed by atoms with van der Waals surface area (Å²) in [5.41, 5.74) is 7.87. The third-order valence-electron chi connectivity index (χ3n) is 6.27. The Kier molecular flexibility index (Phi) is 10.4. The number of hydrogen-bond donors (Lipinski definition) is 9. The molecule has 0 aliphatic heterocycles. The number of carboxylic acid groups (broad SMARTS) is 2. The molecule has 218 valence electrons. The molecule has 0 saturated carbocycles. The Labute approximate surface area is 233 Å². The van der Waals surface area contributed by atoms with Gasteiger partial charge in [-0.3, -0.25) is 19.2 Å². The zero-order valence-electron chi connectivity index (χ0n) is 21.7. The predicted octanol–water partition coefficient (Wildman–Crippen LogP) is -1.01. The smallest absolute Gasteiger partial charge is 0.326 e. The van der Waals surface area contributed by atoms with E-state index in [1.165, 1.54) is 12.1 Å². The van der Waals surface area contributed by atoms with Crippen molar-refractivity contribution in [2.75, 3.05) is 6.61 Å². The molecule has 14 nitrogen and oxygen atoms in total. The Bertz CT molecular complexity index is 1410. The lowest BCUT2D eigenvalue weighted by Gasteiger charge is -2.23. The van der Waals surface area contributed by atoms with Crippen LogP contribution in [0.3, 0.4) is 0 Å². The van der Waals surface area contributed by atoms with E-state index in [9.17, 15) is 44.4 Å². The third kappa shape index (κ3) is 8.52. The Balaban J connectivity index is 1.66. The number of fused-ring (bicyclic) bond motifs is 1. The van der Waals surface area contributed by atoms with Crippen LogP contribution in [0.2, 0.25) is 0 Å². The summed E-state index contributed by atoms with van der Waals surface area (Å²) in [7, 11) is 0. The summed E-state index contributed by atoms with van der Waals surface area (Å²) < 4.78 is 0. The molecular weight excluding hydrogens is 538 g/mol. The van der Waals surface area contributed by atoms with Crippen LogP contribution >= 0.6 is 0 Å². The number of aliphatic carboxylic acids is 2. The minimum absolute atomic E-state index is 0.0244. The number of amides is 3. The molecule has 0 aliphatic rings. The lowest BCUT2D eigenvalue weighted by molar-refractivity contribution is -0.143. The lowest BCUT2D eigenvalue weighted by atomic mass is 10.0. The summed E-state index contributed by atoms with van der Waals surface area (Å²) in [6, 6.07) is 7.15. The molecule has 14 heteroatoms. The molecule has 0 bridgehead atoms. The fourth-order valence-electron chi connectivity index (χ4n) is 4.10. The van der Waals surface area contributed by atoms with Gasteiger partial charge in [-0.25, -0.2) is 4.79 Å². The molecule has 3 rings (SSSR count). The van der Waals surface area contributed by atoms with E-state index < -0.39 is 66.9 Å². The topological polar surface area (TPSA) is 244 Å². The number of nitrogens with two attached hydrogens (primary N) is 1. The van der Waals surface area contributed by atoms with Gasteiger partial charge >= 0.3 is 11.9 Å². The van der Waals surface area contributed by atoms with Crippen molar-refractivity contribution in [3.8, 4) is 5.75 Å². The van der Waals surface area contributed by atoms with E-state index in [0.29, 0.717) is 11.1 Å². The van der Waals surface area contributed by atoms with Crippen LogP contribution < -0.4 is 21.7 Å². The van der Waals surface area contributed by atoms with Crippen LogP contribution in [0.15, 0.2) is 54.7 Å². The first-order valence-electron chi connectivity index (χ1n) is 12.5. The Morgan fingerprint density at radius 3 is 2.05 bits per heavy atom. The fourth-order valence-corrected chi connectivity index (χ4v) is 4.10. The summed E-state index contributed by atoms with van der Waals surface area (Å²) in [6.45, 7) is -0.900. The molecule has 1 heterocycles. The number of carbonyl (C=O) groups is 5. The van der Waals surface area contributed by atoms with E-state index in [1.54, 1.807) is 42.6 Å². The largest absolute Gasteiger partial charge is 0.508 e. The summed E-state index contributed by atoms with van der Waals surface area (Å²) in [6.07, 6.45) is 0.615. The van der Waals surface area contributed by atoms with Gasteiger partial charge in [0.05, 0.1) is 19.1 Å². The average molecular weight is 570 g/mol. The van der Waals surface area contributed by atoms with Crippen molar-refractivity contribution in [3.63, 3.8) is 0 Å². The molecule has 0 saturated heterocycles. The molecule has 4 atom stereocenters. The first kappa shape index (κ1) is 30.6. The highest BCUT2D eigenvalue weighted by molar-refractivity contribution is 5.96. The van der Waals surface area contributed by atoms with Crippen molar-refractivity contribution in [2.24, 2.45) is 5.73 Å². The number of benzene rings is 2. The number of phenolic OH excluding ortho intramolecular Hbond substituents is 1. The van der Waals surface area contributed by atoms with E-state index >= 15 is 0 Å². The Morgan fingerprint density at radius 1 is 0.805 bits per heavy atom. The van der Waals surface area contributed by atoms with Gasteiger partial charge in [-0.2, -0.15) is 0 Å². The summed E-state index contributed by atoms with van der Waals surface area (Å²) >= 11 is 0. The number of phenols is 1. The molecule has 1 aromatic heterocycles.